The normalized spacial score (nSPS) is 19.8. The first kappa shape index (κ1) is 14.1. The van der Waals surface area contributed by atoms with Crippen LogP contribution in [0.5, 0.6) is 0 Å². The van der Waals surface area contributed by atoms with Gasteiger partial charge in [-0.15, -0.1) is 0 Å². The van der Waals surface area contributed by atoms with Crippen LogP contribution >= 0.6 is 0 Å². The van der Waals surface area contributed by atoms with Crippen molar-refractivity contribution >= 4 is 17.3 Å². The highest BCUT2D eigenvalue weighted by atomic mass is 16.5. The van der Waals surface area contributed by atoms with E-state index in [0.29, 0.717) is 30.9 Å². The number of hydrogen-bond acceptors (Lipinski definition) is 5. The Balaban J connectivity index is 1.66. The lowest BCUT2D eigenvalue weighted by atomic mass is 9.96. The Morgan fingerprint density at radius 1 is 1.10 bits per heavy atom. The van der Waals surface area contributed by atoms with Gasteiger partial charge < -0.3 is 4.74 Å². The van der Waals surface area contributed by atoms with E-state index >= 15 is 0 Å². The molecule has 5 nitrogen and oxygen atoms in total. The number of carbonyl (C=O) groups excluding carboxylic acids is 3. The van der Waals surface area contributed by atoms with E-state index in [0.717, 1.165) is 13.1 Å². The fourth-order valence-electron chi connectivity index (χ4n) is 2.87. The zero-order valence-corrected chi connectivity index (χ0v) is 11.7. The number of Topliss-reactive ketones (excluding diaryl/α,β-unsaturated/α-hetero) is 3. The molecule has 21 heavy (non-hydrogen) atoms. The van der Waals surface area contributed by atoms with Gasteiger partial charge in [0.1, 0.15) is 5.92 Å². The van der Waals surface area contributed by atoms with Gasteiger partial charge >= 0.3 is 0 Å². The van der Waals surface area contributed by atoms with E-state index in [2.05, 4.69) is 4.90 Å². The van der Waals surface area contributed by atoms with Crippen LogP contribution in [0.3, 0.4) is 0 Å². The molecule has 0 N–H and O–H groups in total. The van der Waals surface area contributed by atoms with Gasteiger partial charge in [-0.2, -0.15) is 0 Å². The smallest absolute Gasteiger partial charge is 0.181 e. The van der Waals surface area contributed by atoms with E-state index in [9.17, 15) is 14.4 Å². The summed E-state index contributed by atoms with van der Waals surface area (Å²) in [4.78, 5) is 38.9. The fraction of sp³-hybridized carbons (Fsp3) is 0.438. The van der Waals surface area contributed by atoms with Gasteiger partial charge in [0.05, 0.1) is 13.2 Å². The Morgan fingerprint density at radius 3 is 2.24 bits per heavy atom. The molecule has 0 spiro atoms. The maximum absolute atomic E-state index is 12.3. The molecule has 0 aromatic heterocycles. The van der Waals surface area contributed by atoms with Crippen LogP contribution in [-0.2, 0) is 9.53 Å². The van der Waals surface area contributed by atoms with Crippen LogP contribution < -0.4 is 0 Å². The predicted octanol–water partition coefficient (Wildman–Crippen LogP) is 0.973. The largest absolute Gasteiger partial charge is 0.379 e. The Labute approximate surface area is 122 Å². The Bertz CT molecular complexity index is 555. The van der Waals surface area contributed by atoms with Crippen LogP contribution in [0, 0.1) is 5.92 Å². The lowest BCUT2D eigenvalue weighted by Gasteiger charge is -2.26. The summed E-state index contributed by atoms with van der Waals surface area (Å²) in [6.45, 7) is 3.50. The van der Waals surface area contributed by atoms with Crippen molar-refractivity contribution in [1.29, 1.82) is 0 Å². The van der Waals surface area contributed by atoms with Gasteiger partial charge in [0, 0.05) is 37.2 Å². The second kappa shape index (κ2) is 5.87. The lowest BCUT2D eigenvalue weighted by molar-refractivity contribution is -0.120. The van der Waals surface area contributed by atoms with Gasteiger partial charge in [-0.3, -0.25) is 19.3 Å². The minimum atomic E-state index is -1.12. The van der Waals surface area contributed by atoms with Crippen molar-refractivity contribution in [2.75, 3.05) is 32.8 Å². The topological polar surface area (TPSA) is 63.7 Å². The minimum Gasteiger partial charge on any atom is -0.379 e. The van der Waals surface area contributed by atoms with Crippen LogP contribution in [0.1, 0.15) is 27.1 Å². The van der Waals surface area contributed by atoms with Crippen molar-refractivity contribution in [3.05, 3.63) is 35.4 Å². The first-order chi connectivity index (χ1) is 10.2. The summed E-state index contributed by atoms with van der Waals surface area (Å²) < 4.78 is 5.25. The van der Waals surface area contributed by atoms with Gasteiger partial charge in [0.25, 0.3) is 0 Å². The van der Waals surface area contributed by atoms with E-state index in [4.69, 9.17) is 4.74 Å². The van der Waals surface area contributed by atoms with E-state index in [1.165, 1.54) is 0 Å². The molecule has 1 heterocycles. The predicted molar refractivity (Wildman–Crippen MR) is 75.5 cm³/mol. The molecule has 0 amide bonds. The molecule has 110 valence electrons. The summed E-state index contributed by atoms with van der Waals surface area (Å²) in [6, 6.07) is 6.66. The third-order valence-corrected chi connectivity index (χ3v) is 4.08. The highest BCUT2D eigenvalue weighted by molar-refractivity contribution is 6.35. The zero-order valence-electron chi connectivity index (χ0n) is 11.7. The SMILES string of the molecule is O=C(CCN1CCOCC1)C1C(=O)c2ccccc2C1=O. The van der Waals surface area contributed by atoms with Crippen molar-refractivity contribution in [2.24, 2.45) is 5.92 Å². The molecular weight excluding hydrogens is 270 g/mol. The van der Waals surface area contributed by atoms with Crippen LogP contribution in [0.4, 0.5) is 0 Å². The average molecular weight is 287 g/mol. The van der Waals surface area contributed by atoms with E-state index < -0.39 is 5.92 Å². The molecule has 1 aromatic carbocycles. The van der Waals surface area contributed by atoms with Crippen molar-refractivity contribution < 1.29 is 19.1 Å². The summed E-state index contributed by atoms with van der Waals surface area (Å²) in [7, 11) is 0. The molecule has 5 heteroatoms. The zero-order chi connectivity index (χ0) is 14.8. The number of hydrogen-bond donors (Lipinski definition) is 0. The number of carbonyl (C=O) groups is 3. The van der Waals surface area contributed by atoms with Crippen LogP contribution in [0.25, 0.3) is 0 Å². The van der Waals surface area contributed by atoms with Crippen molar-refractivity contribution in [1.82, 2.24) is 4.90 Å². The van der Waals surface area contributed by atoms with Gasteiger partial charge in [-0.25, -0.2) is 0 Å². The molecular formula is C16H17NO4. The van der Waals surface area contributed by atoms with Gasteiger partial charge in [-0.05, 0) is 0 Å². The maximum atomic E-state index is 12.3. The molecule has 0 bridgehead atoms. The molecule has 2 aliphatic rings. The lowest BCUT2D eigenvalue weighted by Crippen LogP contribution is -2.38. The highest BCUT2D eigenvalue weighted by Crippen LogP contribution is 2.27. The second-order valence-electron chi connectivity index (χ2n) is 5.38. The number of ketones is 3. The van der Waals surface area contributed by atoms with Crippen LogP contribution in [0.15, 0.2) is 24.3 Å². The number of ether oxygens (including phenoxy) is 1. The van der Waals surface area contributed by atoms with Gasteiger partial charge in [-0.1, -0.05) is 24.3 Å². The number of nitrogens with zero attached hydrogens (tertiary/aromatic N) is 1. The number of morpholine rings is 1. The molecule has 1 saturated heterocycles. The summed E-state index contributed by atoms with van der Waals surface area (Å²) in [5.41, 5.74) is 0.763. The van der Waals surface area contributed by atoms with E-state index in [-0.39, 0.29) is 23.8 Å². The first-order valence-corrected chi connectivity index (χ1v) is 7.19. The summed E-state index contributed by atoms with van der Waals surface area (Å²) >= 11 is 0. The standard InChI is InChI=1S/C16H17NO4/c18-13(5-6-17-7-9-21-10-8-17)14-15(19)11-3-1-2-4-12(11)16(14)20/h1-4,14H,5-10H2. The minimum absolute atomic E-state index is 0.232. The van der Waals surface area contributed by atoms with Crippen LogP contribution in [-0.4, -0.2) is 55.1 Å². The molecule has 0 saturated carbocycles. The second-order valence-corrected chi connectivity index (χ2v) is 5.38. The monoisotopic (exact) mass is 287 g/mol. The summed E-state index contributed by atoms with van der Waals surface area (Å²) in [5, 5.41) is 0. The quantitative estimate of drug-likeness (QED) is 0.772. The summed E-state index contributed by atoms with van der Waals surface area (Å²) in [6.07, 6.45) is 0.232. The van der Waals surface area contributed by atoms with Crippen LogP contribution in [0.2, 0.25) is 0 Å². The third kappa shape index (κ3) is 2.66. The number of rotatable bonds is 4. The summed E-state index contributed by atoms with van der Waals surface area (Å²) in [5.74, 6) is -2.08. The van der Waals surface area contributed by atoms with E-state index in [1.807, 2.05) is 0 Å². The molecule has 3 rings (SSSR count). The molecule has 0 radical (unpaired) electrons. The molecule has 1 aliphatic heterocycles. The van der Waals surface area contributed by atoms with Gasteiger partial charge in [0.15, 0.2) is 17.3 Å². The molecule has 0 atom stereocenters. The number of fused-ring (bicyclic) bond motifs is 1. The first-order valence-electron chi connectivity index (χ1n) is 7.19. The van der Waals surface area contributed by atoms with Crippen molar-refractivity contribution in [3.63, 3.8) is 0 Å². The average Bonchev–Trinajstić information content (AvgIpc) is 2.78. The Kier molecular flexibility index (Phi) is 3.94. The van der Waals surface area contributed by atoms with Gasteiger partial charge in [0.2, 0.25) is 0 Å². The third-order valence-electron chi connectivity index (χ3n) is 4.08. The molecule has 1 fully saturated rings. The Hall–Kier alpha value is -1.85. The molecule has 1 aromatic rings. The number of benzene rings is 1. The molecule has 1 aliphatic carbocycles. The Morgan fingerprint density at radius 2 is 1.67 bits per heavy atom. The molecule has 0 unspecified atom stereocenters. The maximum Gasteiger partial charge on any atom is 0.181 e. The van der Waals surface area contributed by atoms with Crippen molar-refractivity contribution in [3.8, 4) is 0 Å². The highest BCUT2D eigenvalue weighted by Gasteiger charge is 2.42. The van der Waals surface area contributed by atoms with E-state index in [1.54, 1.807) is 24.3 Å². The fourth-order valence-corrected chi connectivity index (χ4v) is 2.87. The van der Waals surface area contributed by atoms with Crippen molar-refractivity contribution in [2.45, 2.75) is 6.42 Å².